The van der Waals surface area contributed by atoms with Gasteiger partial charge in [0, 0.05) is 52.0 Å². The number of carbonyl (C=O) groups is 1. The smallest absolute Gasteiger partial charge is 0.308 e. The van der Waals surface area contributed by atoms with E-state index in [1.54, 1.807) is 0 Å². The Balaban J connectivity index is 0.00000320. The number of hydrogen-bond acceptors (Lipinski definition) is 6. The van der Waals surface area contributed by atoms with Crippen LogP contribution in [0.3, 0.4) is 0 Å². The molecular formula is C21H35IN6O2. The number of carbonyl (C=O) groups excluding carboxylic acids is 1. The summed E-state index contributed by atoms with van der Waals surface area (Å²) in [6.07, 6.45) is 3.49. The van der Waals surface area contributed by atoms with Gasteiger partial charge in [0.05, 0.1) is 19.6 Å². The molecule has 2 aliphatic rings. The normalized spacial score (nSPS) is 18.7. The Labute approximate surface area is 197 Å². The Morgan fingerprint density at radius 3 is 2.57 bits per heavy atom. The number of methoxy groups -OCH3 is 1. The average Bonchev–Trinajstić information content (AvgIpc) is 2.77. The molecule has 1 N–H and O–H groups in total. The number of nitrogens with one attached hydrogen (secondary N) is 1. The molecule has 0 aromatic carbocycles. The van der Waals surface area contributed by atoms with E-state index in [0.29, 0.717) is 6.54 Å². The van der Waals surface area contributed by atoms with Gasteiger partial charge in [-0.2, -0.15) is 0 Å². The van der Waals surface area contributed by atoms with E-state index in [2.05, 4.69) is 45.0 Å². The Morgan fingerprint density at radius 2 is 1.93 bits per heavy atom. The molecule has 0 saturated carbocycles. The fourth-order valence-electron chi connectivity index (χ4n) is 3.85. The van der Waals surface area contributed by atoms with Crippen molar-refractivity contribution in [1.29, 1.82) is 0 Å². The van der Waals surface area contributed by atoms with E-state index in [1.165, 1.54) is 7.11 Å². The van der Waals surface area contributed by atoms with Crippen molar-refractivity contribution >= 4 is 41.7 Å². The Hall–Kier alpha value is -1.62. The second kappa shape index (κ2) is 12.3. The number of hydrogen-bond donors (Lipinski definition) is 1. The van der Waals surface area contributed by atoms with Gasteiger partial charge in [-0.1, -0.05) is 0 Å². The van der Waals surface area contributed by atoms with Gasteiger partial charge in [-0.05, 0) is 44.5 Å². The monoisotopic (exact) mass is 530 g/mol. The van der Waals surface area contributed by atoms with E-state index in [-0.39, 0.29) is 35.9 Å². The van der Waals surface area contributed by atoms with Gasteiger partial charge in [0.2, 0.25) is 0 Å². The summed E-state index contributed by atoms with van der Waals surface area (Å²) in [4.78, 5) is 28.1. The number of piperazine rings is 1. The molecule has 2 saturated heterocycles. The molecule has 0 amide bonds. The third-order valence-corrected chi connectivity index (χ3v) is 5.71. The molecule has 0 radical (unpaired) electrons. The van der Waals surface area contributed by atoms with Crippen molar-refractivity contribution in [2.45, 2.75) is 26.3 Å². The summed E-state index contributed by atoms with van der Waals surface area (Å²) in [7, 11) is 3.62. The number of aliphatic imine (C=N–C) groups is 1. The molecule has 0 spiro atoms. The summed E-state index contributed by atoms with van der Waals surface area (Å²) < 4.78 is 4.89. The topological polar surface area (TPSA) is 73.3 Å². The molecule has 0 aliphatic carbocycles. The average molecular weight is 530 g/mol. The van der Waals surface area contributed by atoms with Crippen LogP contribution in [0.2, 0.25) is 0 Å². The number of nitrogens with zero attached hydrogens (tertiary/aromatic N) is 5. The molecule has 1 aromatic rings. The highest BCUT2D eigenvalue weighted by Crippen LogP contribution is 2.19. The van der Waals surface area contributed by atoms with Gasteiger partial charge in [0.1, 0.15) is 5.82 Å². The summed E-state index contributed by atoms with van der Waals surface area (Å²) in [5, 5.41) is 3.39. The first-order valence-electron chi connectivity index (χ1n) is 10.6. The third kappa shape index (κ3) is 6.69. The molecule has 2 fully saturated rings. The molecular weight excluding hydrogens is 495 g/mol. The van der Waals surface area contributed by atoms with Gasteiger partial charge in [-0.25, -0.2) is 9.98 Å². The van der Waals surface area contributed by atoms with Gasteiger partial charge in [0.15, 0.2) is 5.96 Å². The summed E-state index contributed by atoms with van der Waals surface area (Å²) in [6, 6.07) is 4.19. The second-order valence-electron chi connectivity index (χ2n) is 7.77. The number of aromatic nitrogens is 1. The molecule has 2 aliphatic heterocycles. The fraction of sp³-hybridized carbons (Fsp3) is 0.667. The van der Waals surface area contributed by atoms with Crippen LogP contribution in [0.15, 0.2) is 23.3 Å². The number of rotatable bonds is 5. The van der Waals surface area contributed by atoms with Crippen LogP contribution >= 0.6 is 24.0 Å². The first-order valence-corrected chi connectivity index (χ1v) is 10.6. The van der Waals surface area contributed by atoms with E-state index in [1.807, 2.05) is 12.3 Å². The Kier molecular flexibility index (Phi) is 10.1. The highest BCUT2D eigenvalue weighted by atomic mass is 127. The molecule has 9 heteroatoms. The van der Waals surface area contributed by atoms with Gasteiger partial charge in [-0.15, -0.1) is 24.0 Å². The van der Waals surface area contributed by atoms with Crippen molar-refractivity contribution in [3.8, 4) is 0 Å². The van der Waals surface area contributed by atoms with Crippen LogP contribution in [-0.4, -0.2) is 86.7 Å². The standard InChI is InChI=1S/C21H34N6O2.HI/c1-4-22-21(27-9-6-18(7-10-27)20(28)29-3)24-16-17-5-8-23-19(15-17)26-13-11-25(2)12-14-26;/h5,8,15,18H,4,6-7,9-14,16H2,1-3H3,(H,22,24);1H. The minimum atomic E-state index is -0.0974. The number of guanidine groups is 1. The van der Waals surface area contributed by atoms with Crippen LogP contribution in [0.4, 0.5) is 5.82 Å². The third-order valence-electron chi connectivity index (χ3n) is 5.71. The summed E-state index contributed by atoms with van der Waals surface area (Å²) in [5.41, 5.74) is 1.16. The number of likely N-dealkylation sites (tertiary alicyclic amines) is 1. The first-order chi connectivity index (χ1) is 14.1. The Morgan fingerprint density at radius 1 is 1.23 bits per heavy atom. The lowest BCUT2D eigenvalue weighted by Crippen LogP contribution is -2.46. The molecule has 3 heterocycles. The molecule has 0 atom stereocenters. The van der Waals surface area contributed by atoms with E-state index < -0.39 is 0 Å². The number of esters is 1. The highest BCUT2D eigenvalue weighted by molar-refractivity contribution is 14.0. The highest BCUT2D eigenvalue weighted by Gasteiger charge is 2.27. The number of halogens is 1. The largest absolute Gasteiger partial charge is 0.469 e. The van der Waals surface area contributed by atoms with Gasteiger partial charge < -0.3 is 24.8 Å². The predicted octanol–water partition coefficient (Wildman–Crippen LogP) is 1.80. The lowest BCUT2D eigenvalue weighted by Gasteiger charge is -2.33. The maximum absolute atomic E-state index is 11.8. The molecule has 168 valence electrons. The summed E-state index contributed by atoms with van der Waals surface area (Å²) in [5.74, 6) is 1.86. The number of likely N-dealkylation sites (N-methyl/N-ethyl adjacent to an activating group) is 1. The lowest BCUT2D eigenvalue weighted by molar-refractivity contribution is -0.146. The van der Waals surface area contributed by atoms with Gasteiger partial charge in [-0.3, -0.25) is 4.79 Å². The van der Waals surface area contributed by atoms with E-state index in [9.17, 15) is 4.79 Å². The Bertz CT molecular complexity index is 700. The lowest BCUT2D eigenvalue weighted by atomic mass is 9.97. The molecule has 3 rings (SSSR count). The minimum absolute atomic E-state index is 0. The van der Waals surface area contributed by atoms with Crippen molar-refractivity contribution in [3.05, 3.63) is 23.9 Å². The van der Waals surface area contributed by atoms with Crippen LogP contribution in [-0.2, 0) is 16.1 Å². The van der Waals surface area contributed by atoms with Crippen LogP contribution in [0.5, 0.6) is 0 Å². The van der Waals surface area contributed by atoms with Gasteiger partial charge in [0.25, 0.3) is 0 Å². The van der Waals surface area contributed by atoms with Crippen LogP contribution in [0.1, 0.15) is 25.3 Å². The van der Waals surface area contributed by atoms with Crippen molar-refractivity contribution in [1.82, 2.24) is 20.1 Å². The van der Waals surface area contributed by atoms with Crippen LogP contribution < -0.4 is 10.2 Å². The summed E-state index contributed by atoms with van der Waals surface area (Å²) >= 11 is 0. The van der Waals surface area contributed by atoms with Crippen molar-refractivity contribution in [2.24, 2.45) is 10.9 Å². The molecule has 0 unspecified atom stereocenters. The summed E-state index contributed by atoms with van der Waals surface area (Å²) in [6.45, 7) is 9.28. The molecule has 0 bridgehead atoms. The SMILES string of the molecule is CCNC(=NCc1ccnc(N2CCN(C)CC2)c1)N1CCC(C(=O)OC)CC1.I. The van der Waals surface area contributed by atoms with Gasteiger partial charge >= 0.3 is 5.97 Å². The molecule has 1 aromatic heterocycles. The minimum Gasteiger partial charge on any atom is -0.469 e. The molecule has 30 heavy (non-hydrogen) atoms. The molecule has 8 nitrogen and oxygen atoms in total. The van der Waals surface area contributed by atoms with Crippen molar-refractivity contribution in [3.63, 3.8) is 0 Å². The maximum Gasteiger partial charge on any atom is 0.308 e. The van der Waals surface area contributed by atoms with E-state index in [0.717, 1.165) is 76.0 Å². The van der Waals surface area contributed by atoms with Crippen molar-refractivity contribution < 1.29 is 9.53 Å². The van der Waals surface area contributed by atoms with E-state index in [4.69, 9.17) is 9.73 Å². The number of piperidine rings is 1. The zero-order valence-electron chi connectivity index (χ0n) is 18.3. The number of pyridine rings is 1. The van der Waals surface area contributed by atoms with E-state index >= 15 is 0 Å². The zero-order valence-corrected chi connectivity index (χ0v) is 20.7. The van der Waals surface area contributed by atoms with Crippen LogP contribution in [0.25, 0.3) is 0 Å². The number of ether oxygens (including phenoxy) is 1. The second-order valence-corrected chi connectivity index (χ2v) is 7.77. The number of anilines is 1. The zero-order chi connectivity index (χ0) is 20.6. The fourth-order valence-corrected chi connectivity index (χ4v) is 3.85. The quantitative estimate of drug-likeness (QED) is 0.270. The first kappa shape index (κ1) is 24.6. The maximum atomic E-state index is 11.8. The predicted molar refractivity (Wildman–Crippen MR) is 130 cm³/mol. The van der Waals surface area contributed by atoms with Crippen LogP contribution in [0, 0.1) is 5.92 Å². The van der Waals surface area contributed by atoms with Crippen molar-refractivity contribution in [2.75, 3.05) is 64.9 Å².